The number of Topliss-reactive ketones (excluding diaryl/α,β-unsaturated/α-hetero) is 1. The summed E-state index contributed by atoms with van der Waals surface area (Å²) >= 11 is 5.83. The molecular weight excluding hydrogens is 310 g/mol. The van der Waals surface area contributed by atoms with Crippen molar-refractivity contribution in [3.8, 4) is 11.8 Å². The van der Waals surface area contributed by atoms with E-state index in [0.29, 0.717) is 17.9 Å². The zero-order valence-electron chi connectivity index (χ0n) is 13.0. The lowest BCUT2D eigenvalue weighted by atomic mass is 9.93. The van der Waals surface area contributed by atoms with Crippen LogP contribution in [0, 0.1) is 17.2 Å². The van der Waals surface area contributed by atoms with Crippen molar-refractivity contribution >= 4 is 17.4 Å². The summed E-state index contributed by atoms with van der Waals surface area (Å²) in [6.07, 6.45) is 1.15. The van der Waals surface area contributed by atoms with Gasteiger partial charge in [-0.15, -0.1) is 0 Å². The monoisotopic (exact) mass is 327 g/mol. The van der Waals surface area contributed by atoms with E-state index in [1.807, 2.05) is 36.4 Å². The number of ether oxygens (including phenoxy) is 1. The Morgan fingerprint density at radius 3 is 2.30 bits per heavy atom. The van der Waals surface area contributed by atoms with Crippen LogP contribution in [0.2, 0.25) is 5.02 Å². The van der Waals surface area contributed by atoms with Gasteiger partial charge in [0.2, 0.25) is 0 Å². The van der Waals surface area contributed by atoms with Crippen molar-refractivity contribution in [2.45, 2.75) is 19.3 Å². The van der Waals surface area contributed by atoms with E-state index >= 15 is 0 Å². The maximum atomic E-state index is 12.2. The van der Waals surface area contributed by atoms with Crippen LogP contribution in [0.25, 0.3) is 0 Å². The molecule has 0 heterocycles. The van der Waals surface area contributed by atoms with Crippen molar-refractivity contribution in [3.05, 3.63) is 64.7 Å². The summed E-state index contributed by atoms with van der Waals surface area (Å²) in [4.78, 5) is 12.2. The summed E-state index contributed by atoms with van der Waals surface area (Å²) in [5.41, 5.74) is 1.94. The summed E-state index contributed by atoms with van der Waals surface area (Å²) in [5.74, 6) is 0.525. The van der Waals surface area contributed by atoms with E-state index in [2.05, 4.69) is 6.07 Å². The lowest BCUT2D eigenvalue weighted by Gasteiger charge is -2.09. The van der Waals surface area contributed by atoms with Gasteiger partial charge < -0.3 is 4.74 Å². The van der Waals surface area contributed by atoms with Crippen LogP contribution < -0.4 is 4.74 Å². The smallest absolute Gasteiger partial charge is 0.138 e. The molecule has 1 unspecified atom stereocenters. The maximum absolute atomic E-state index is 12.2. The van der Waals surface area contributed by atoms with E-state index in [0.717, 1.165) is 16.9 Å². The minimum absolute atomic E-state index is 0.0624. The zero-order chi connectivity index (χ0) is 16.7. The second kappa shape index (κ2) is 8.36. The number of methoxy groups -OCH3 is 1. The summed E-state index contributed by atoms with van der Waals surface area (Å²) in [6.45, 7) is 0. The first kappa shape index (κ1) is 17.1. The highest BCUT2D eigenvalue weighted by Gasteiger charge is 2.14. The molecule has 3 nitrogen and oxygen atoms in total. The van der Waals surface area contributed by atoms with Crippen molar-refractivity contribution in [2.75, 3.05) is 7.11 Å². The third-order valence-corrected chi connectivity index (χ3v) is 3.86. The van der Waals surface area contributed by atoms with Crippen LogP contribution in [0.1, 0.15) is 17.5 Å². The Kier molecular flexibility index (Phi) is 6.19. The van der Waals surface area contributed by atoms with Gasteiger partial charge in [-0.1, -0.05) is 35.9 Å². The van der Waals surface area contributed by atoms with Crippen LogP contribution >= 0.6 is 11.6 Å². The number of nitrogens with zero attached hydrogens (tertiary/aromatic N) is 1. The minimum Gasteiger partial charge on any atom is -0.497 e. The Morgan fingerprint density at radius 1 is 1.13 bits per heavy atom. The molecule has 0 aliphatic heterocycles. The van der Waals surface area contributed by atoms with Gasteiger partial charge in [-0.2, -0.15) is 5.26 Å². The fraction of sp³-hybridized carbons (Fsp3) is 0.263. The third-order valence-electron chi connectivity index (χ3n) is 3.61. The predicted molar refractivity (Wildman–Crippen MR) is 90.6 cm³/mol. The van der Waals surface area contributed by atoms with Crippen molar-refractivity contribution in [3.63, 3.8) is 0 Å². The molecule has 0 radical (unpaired) electrons. The summed E-state index contributed by atoms with van der Waals surface area (Å²) in [5, 5.41) is 9.94. The van der Waals surface area contributed by atoms with Gasteiger partial charge in [0.1, 0.15) is 11.5 Å². The fourth-order valence-electron chi connectivity index (χ4n) is 2.39. The highest BCUT2D eigenvalue weighted by atomic mass is 35.5. The molecule has 118 valence electrons. The molecule has 0 aliphatic rings. The topological polar surface area (TPSA) is 50.1 Å². The molecule has 2 aromatic rings. The van der Waals surface area contributed by atoms with Gasteiger partial charge in [0, 0.05) is 17.9 Å². The Balaban J connectivity index is 1.91. The second-order valence-corrected chi connectivity index (χ2v) is 5.86. The van der Waals surface area contributed by atoms with Gasteiger partial charge in [-0.05, 0) is 41.8 Å². The molecule has 23 heavy (non-hydrogen) atoms. The van der Waals surface area contributed by atoms with Crippen molar-refractivity contribution < 1.29 is 9.53 Å². The summed E-state index contributed by atoms with van der Waals surface area (Å²) < 4.78 is 5.11. The molecule has 0 saturated carbocycles. The Hall–Kier alpha value is -2.31. The summed E-state index contributed by atoms with van der Waals surface area (Å²) in [7, 11) is 1.61. The van der Waals surface area contributed by atoms with Crippen molar-refractivity contribution in [1.82, 2.24) is 0 Å². The number of hydrogen-bond acceptors (Lipinski definition) is 3. The molecule has 0 saturated heterocycles. The molecule has 0 amide bonds. The third kappa shape index (κ3) is 5.43. The van der Waals surface area contributed by atoms with Crippen LogP contribution in [-0.4, -0.2) is 12.9 Å². The Morgan fingerprint density at radius 2 is 1.74 bits per heavy atom. The first-order valence-corrected chi connectivity index (χ1v) is 7.77. The largest absolute Gasteiger partial charge is 0.497 e. The molecule has 2 aromatic carbocycles. The average Bonchev–Trinajstić information content (AvgIpc) is 2.57. The van der Waals surface area contributed by atoms with Crippen LogP contribution in [0.15, 0.2) is 48.5 Å². The number of benzene rings is 2. The van der Waals surface area contributed by atoms with Gasteiger partial charge in [-0.25, -0.2) is 0 Å². The molecule has 0 bridgehead atoms. The number of carbonyl (C=O) groups is 1. The highest BCUT2D eigenvalue weighted by molar-refractivity contribution is 6.30. The molecule has 4 heteroatoms. The summed E-state index contributed by atoms with van der Waals surface area (Å²) in [6, 6.07) is 17.0. The zero-order valence-corrected chi connectivity index (χ0v) is 13.7. The van der Waals surface area contributed by atoms with Crippen LogP contribution in [0.4, 0.5) is 0 Å². The lowest BCUT2D eigenvalue weighted by molar-refractivity contribution is -0.119. The number of hydrogen-bond donors (Lipinski definition) is 0. The second-order valence-electron chi connectivity index (χ2n) is 5.42. The van der Waals surface area contributed by atoms with Crippen LogP contribution in [0.5, 0.6) is 5.75 Å². The van der Waals surface area contributed by atoms with Gasteiger partial charge in [-0.3, -0.25) is 4.79 Å². The molecule has 0 aliphatic carbocycles. The van der Waals surface area contributed by atoms with E-state index in [4.69, 9.17) is 16.3 Å². The Labute approximate surface area is 141 Å². The molecule has 0 N–H and O–H groups in total. The van der Waals surface area contributed by atoms with Gasteiger partial charge >= 0.3 is 0 Å². The predicted octanol–water partition coefficient (Wildman–Crippen LogP) is 4.23. The quantitative estimate of drug-likeness (QED) is 0.764. The molecule has 0 spiro atoms. The normalized spacial score (nSPS) is 11.5. The molecule has 0 fully saturated rings. The highest BCUT2D eigenvalue weighted by Crippen LogP contribution is 2.18. The van der Waals surface area contributed by atoms with Gasteiger partial charge in [0.05, 0.1) is 19.1 Å². The van der Waals surface area contributed by atoms with E-state index in [1.165, 1.54) is 0 Å². The molecular formula is C19H18ClNO2. The number of carbonyl (C=O) groups excluding carboxylic acids is 1. The SMILES string of the molecule is COc1ccc(CC(C#N)CC(=O)Cc2ccc(Cl)cc2)cc1. The lowest BCUT2D eigenvalue weighted by Crippen LogP contribution is -2.11. The van der Waals surface area contributed by atoms with E-state index < -0.39 is 0 Å². The van der Waals surface area contributed by atoms with Crippen molar-refractivity contribution in [1.29, 1.82) is 5.26 Å². The van der Waals surface area contributed by atoms with E-state index in [-0.39, 0.29) is 18.1 Å². The van der Waals surface area contributed by atoms with Crippen LogP contribution in [0.3, 0.4) is 0 Å². The van der Waals surface area contributed by atoms with Crippen molar-refractivity contribution in [2.24, 2.45) is 5.92 Å². The molecule has 0 aromatic heterocycles. The van der Waals surface area contributed by atoms with E-state index in [1.54, 1.807) is 19.2 Å². The van der Waals surface area contributed by atoms with Gasteiger partial charge in [0.15, 0.2) is 0 Å². The fourth-order valence-corrected chi connectivity index (χ4v) is 2.51. The molecule has 1 atom stereocenters. The number of ketones is 1. The van der Waals surface area contributed by atoms with Gasteiger partial charge in [0.25, 0.3) is 0 Å². The first-order valence-electron chi connectivity index (χ1n) is 7.39. The number of nitriles is 1. The molecule has 2 rings (SSSR count). The standard InChI is InChI=1S/C19H18ClNO2/c1-23-19-8-4-14(5-9-19)10-16(13-21)12-18(22)11-15-2-6-17(20)7-3-15/h2-9,16H,10-12H2,1H3. The van der Waals surface area contributed by atoms with Crippen LogP contribution in [-0.2, 0) is 17.6 Å². The minimum atomic E-state index is -0.316. The first-order chi connectivity index (χ1) is 11.1. The number of halogens is 1. The van der Waals surface area contributed by atoms with E-state index in [9.17, 15) is 10.1 Å². The average molecular weight is 328 g/mol. The number of rotatable bonds is 7. The maximum Gasteiger partial charge on any atom is 0.138 e. The Bertz CT molecular complexity index is 687.